The molecular weight excluding hydrogens is 334 g/mol. The van der Waals surface area contributed by atoms with Crippen molar-refractivity contribution in [3.63, 3.8) is 0 Å². The van der Waals surface area contributed by atoms with E-state index in [0.717, 1.165) is 12.0 Å². The molecule has 0 bridgehead atoms. The first-order valence-electron chi connectivity index (χ1n) is 7.29. The topological polar surface area (TPSA) is 55.8 Å². The standard InChI is InChI=1S/C16H19NO4S2/c1-11-13-7-9-22-15(13)6-8-17(11)23(18,19)16-10-12(20-2)4-5-14(16)21-3/h4-5,7,9-11H,6,8H2,1-3H3. The van der Waals surface area contributed by atoms with Gasteiger partial charge in [-0.05, 0) is 42.5 Å². The van der Waals surface area contributed by atoms with Crippen LogP contribution in [-0.4, -0.2) is 33.5 Å². The highest BCUT2D eigenvalue weighted by Crippen LogP contribution is 2.39. The fraction of sp³-hybridized carbons (Fsp3) is 0.375. The Morgan fingerprint density at radius 3 is 2.70 bits per heavy atom. The number of hydrogen-bond donors (Lipinski definition) is 0. The molecule has 0 amide bonds. The van der Waals surface area contributed by atoms with Gasteiger partial charge in [0.1, 0.15) is 16.4 Å². The Morgan fingerprint density at radius 1 is 1.22 bits per heavy atom. The Balaban J connectivity index is 2.06. The van der Waals surface area contributed by atoms with E-state index in [4.69, 9.17) is 9.47 Å². The monoisotopic (exact) mass is 353 g/mol. The van der Waals surface area contributed by atoms with Gasteiger partial charge in [0.15, 0.2) is 0 Å². The summed E-state index contributed by atoms with van der Waals surface area (Å²) in [4.78, 5) is 1.41. The van der Waals surface area contributed by atoms with Crippen molar-refractivity contribution in [1.82, 2.24) is 4.31 Å². The van der Waals surface area contributed by atoms with E-state index in [9.17, 15) is 8.42 Å². The van der Waals surface area contributed by atoms with Crippen molar-refractivity contribution in [1.29, 1.82) is 0 Å². The zero-order valence-electron chi connectivity index (χ0n) is 13.3. The van der Waals surface area contributed by atoms with E-state index in [2.05, 4.69) is 0 Å². The average molecular weight is 353 g/mol. The van der Waals surface area contributed by atoms with E-state index in [1.54, 1.807) is 27.8 Å². The van der Waals surface area contributed by atoms with E-state index in [1.165, 1.54) is 25.2 Å². The quantitative estimate of drug-likeness (QED) is 0.848. The van der Waals surface area contributed by atoms with Crippen LogP contribution in [0.5, 0.6) is 11.5 Å². The molecule has 0 aliphatic carbocycles. The second-order valence-corrected chi connectivity index (χ2v) is 8.22. The molecule has 0 radical (unpaired) electrons. The third-order valence-electron chi connectivity index (χ3n) is 4.18. The minimum absolute atomic E-state index is 0.143. The largest absolute Gasteiger partial charge is 0.497 e. The maximum atomic E-state index is 13.2. The van der Waals surface area contributed by atoms with Crippen LogP contribution in [0, 0.1) is 0 Å². The first kappa shape index (κ1) is 16.3. The summed E-state index contributed by atoms with van der Waals surface area (Å²) in [5.74, 6) is 0.819. The van der Waals surface area contributed by atoms with Crippen molar-refractivity contribution < 1.29 is 17.9 Å². The third-order valence-corrected chi connectivity index (χ3v) is 7.17. The number of ether oxygens (including phenoxy) is 2. The van der Waals surface area contributed by atoms with Crippen LogP contribution in [0.1, 0.15) is 23.4 Å². The van der Waals surface area contributed by atoms with Crippen LogP contribution < -0.4 is 9.47 Å². The van der Waals surface area contributed by atoms with Crippen LogP contribution in [0.2, 0.25) is 0 Å². The minimum Gasteiger partial charge on any atom is -0.497 e. The van der Waals surface area contributed by atoms with Gasteiger partial charge in [-0.25, -0.2) is 8.42 Å². The number of rotatable bonds is 4. The van der Waals surface area contributed by atoms with Crippen LogP contribution in [0.4, 0.5) is 0 Å². The summed E-state index contributed by atoms with van der Waals surface area (Å²) in [5.41, 5.74) is 1.09. The van der Waals surface area contributed by atoms with Crippen molar-refractivity contribution in [2.75, 3.05) is 20.8 Å². The molecule has 2 aromatic rings. The van der Waals surface area contributed by atoms with Crippen molar-refractivity contribution in [2.45, 2.75) is 24.3 Å². The molecule has 0 fully saturated rings. The van der Waals surface area contributed by atoms with E-state index < -0.39 is 10.0 Å². The fourth-order valence-electron chi connectivity index (χ4n) is 2.93. The fourth-order valence-corrected chi connectivity index (χ4v) is 5.67. The number of sulfonamides is 1. The minimum atomic E-state index is -3.67. The van der Waals surface area contributed by atoms with Gasteiger partial charge in [-0.3, -0.25) is 0 Å². The molecule has 0 N–H and O–H groups in total. The molecule has 0 spiro atoms. The Labute approximate surface area is 140 Å². The normalized spacial score (nSPS) is 18.5. The van der Waals surface area contributed by atoms with Crippen LogP contribution in [0.15, 0.2) is 34.5 Å². The summed E-state index contributed by atoms with van der Waals surface area (Å²) in [6, 6.07) is 6.65. The zero-order valence-corrected chi connectivity index (χ0v) is 14.9. The Kier molecular flexibility index (Phi) is 4.35. The van der Waals surface area contributed by atoms with Gasteiger partial charge in [0.05, 0.1) is 14.2 Å². The number of thiophene rings is 1. The molecule has 0 saturated heterocycles. The first-order valence-corrected chi connectivity index (χ1v) is 9.61. The highest BCUT2D eigenvalue weighted by molar-refractivity contribution is 7.89. The van der Waals surface area contributed by atoms with Crippen molar-refractivity contribution >= 4 is 21.4 Å². The molecule has 3 rings (SSSR count). The van der Waals surface area contributed by atoms with E-state index in [0.29, 0.717) is 18.0 Å². The van der Waals surface area contributed by atoms with Crippen LogP contribution >= 0.6 is 11.3 Å². The summed E-state index contributed by atoms with van der Waals surface area (Å²) in [6.45, 7) is 2.40. The Hall–Kier alpha value is -1.57. The molecular formula is C16H19NO4S2. The predicted molar refractivity (Wildman–Crippen MR) is 89.9 cm³/mol. The smallest absolute Gasteiger partial charge is 0.247 e. The molecule has 1 atom stereocenters. The molecule has 1 unspecified atom stereocenters. The number of fused-ring (bicyclic) bond motifs is 1. The highest BCUT2D eigenvalue weighted by atomic mass is 32.2. The molecule has 124 valence electrons. The Morgan fingerprint density at radius 2 is 2.00 bits per heavy atom. The summed E-state index contributed by atoms with van der Waals surface area (Å²) in [5, 5.41) is 2.02. The number of nitrogens with zero attached hydrogens (tertiary/aromatic N) is 1. The zero-order chi connectivity index (χ0) is 16.6. The summed E-state index contributed by atoms with van der Waals surface area (Å²) < 4.78 is 38.3. The molecule has 23 heavy (non-hydrogen) atoms. The SMILES string of the molecule is COc1ccc(OC)c(S(=O)(=O)N2CCc3sccc3C2C)c1. The molecule has 1 aliphatic rings. The molecule has 0 saturated carbocycles. The summed E-state index contributed by atoms with van der Waals surface area (Å²) in [6.07, 6.45) is 0.739. The lowest BCUT2D eigenvalue weighted by Crippen LogP contribution is -2.38. The lowest BCUT2D eigenvalue weighted by Gasteiger charge is -2.33. The van der Waals surface area contributed by atoms with Crippen LogP contribution in [0.25, 0.3) is 0 Å². The van der Waals surface area contributed by atoms with Gasteiger partial charge < -0.3 is 9.47 Å². The molecule has 5 nitrogen and oxygen atoms in total. The van der Waals surface area contributed by atoms with Gasteiger partial charge in [0.25, 0.3) is 0 Å². The maximum Gasteiger partial charge on any atom is 0.247 e. The molecule has 1 aliphatic heterocycles. The second-order valence-electron chi connectivity index (χ2n) is 5.36. The highest BCUT2D eigenvalue weighted by Gasteiger charge is 2.36. The van der Waals surface area contributed by atoms with E-state index >= 15 is 0 Å². The average Bonchev–Trinajstić information content (AvgIpc) is 3.03. The number of benzene rings is 1. The molecule has 7 heteroatoms. The number of hydrogen-bond acceptors (Lipinski definition) is 5. The van der Waals surface area contributed by atoms with Crippen LogP contribution in [0.3, 0.4) is 0 Å². The Bertz CT molecular complexity index is 813. The van der Waals surface area contributed by atoms with Crippen molar-refractivity contribution in [3.8, 4) is 11.5 Å². The van der Waals surface area contributed by atoms with Gasteiger partial charge in [0.2, 0.25) is 10.0 Å². The van der Waals surface area contributed by atoms with Crippen molar-refractivity contribution in [2.24, 2.45) is 0 Å². The van der Waals surface area contributed by atoms with Gasteiger partial charge in [-0.2, -0.15) is 4.31 Å². The lowest BCUT2D eigenvalue weighted by molar-refractivity contribution is 0.325. The summed E-state index contributed by atoms with van der Waals surface area (Å²) in [7, 11) is -0.691. The van der Waals surface area contributed by atoms with Crippen molar-refractivity contribution in [3.05, 3.63) is 40.1 Å². The molecule has 1 aromatic heterocycles. The number of methoxy groups -OCH3 is 2. The van der Waals surface area contributed by atoms with E-state index in [-0.39, 0.29) is 10.9 Å². The maximum absolute atomic E-state index is 13.2. The molecule has 2 heterocycles. The van der Waals surface area contributed by atoms with Crippen LogP contribution in [-0.2, 0) is 16.4 Å². The first-order chi connectivity index (χ1) is 11.0. The van der Waals surface area contributed by atoms with Gasteiger partial charge in [0, 0.05) is 23.5 Å². The molecule has 1 aromatic carbocycles. The van der Waals surface area contributed by atoms with Gasteiger partial charge in [-0.15, -0.1) is 11.3 Å². The third kappa shape index (κ3) is 2.73. The predicted octanol–water partition coefficient (Wildman–Crippen LogP) is 3.07. The lowest BCUT2D eigenvalue weighted by atomic mass is 10.0. The van der Waals surface area contributed by atoms with E-state index in [1.807, 2.05) is 18.4 Å². The second kappa shape index (κ2) is 6.14. The van der Waals surface area contributed by atoms with Gasteiger partial charge in [-0.1, -0.05) is 0 Å². The summed E-state index contributed by atoms with van der Waals surface area (Å²) >= 11 is 1.69. The van der Waals surface area contributed by atoms with Gasteiger partial charge >= 0.3 is 0 Å².